The van der Waals surface area contributed by atoms with Crippen LogP contribution in [0, 0.1) is 11.3 Å². The van der Waals surface area contributed by atoms with Crippen molar-refractivity contribution in [1.82, 2.24) is 9.03 Å². The number of aliphatic carboxylic acids is 1. The van der Waals surface area contributed by atoms with Gasteiger partial charge in [-0.3, -0.25) is 4.79 Å². The van der Waals surface area contributed by atoms with Gasteiger partial charge >= 0.3 is 5.97 Å². The molecule has 6 nitrogen and oxygen atoms in total. The average Bonchev–Trinajstić information content (AvgIpc) is 3.17. The number of carboxylic acid groups (broad SMARTS) is 1. The summed E-state index contributed by atoms with van der Waals surface area (Å²) in [7, 11) is -3.45. The second kappa shape index (κ2) is 5.38. The van der Waals surface area contributed by atoms with Crippen LogP contribution in [0.4, 0.5) is 0 Å². The maximum atomic E-state index is 12.1. The highest BCUT2D eigenvalue weighted by Crippen LogP contribution is 2.48. The van der Waals surface area contributed by atoms with Gasteiger partial charge < -0.3 is 5.11 Å². The van der Waals surface area contributed by atoms with Crippen molar-refractivity contribution in [2.45, 2.75) is 39.0 Å². The van der Waals surface area contributed by atoms with Crippen LogP contribution in [0.3, 0.4) is 0 Å². The van der Waals surface area contributed by atoms with Crippen molar-refractivity contribution in [2.24, 2.45) is 11.3 Å². The van der Waals surface area contributed by atoms with Crippen molar-refractivity contribution >= 4 is 16.2 Å². The van der Waals surface area contributed by atoms with E-state index in [1.165, 1.54) is 4.31 Å². The number of carboxylic acids is 1. The van der Waals surface area contributed by atoms with Crippen LogP contribution in [-0.4, -0.2) is 43.4 Å². The second-order valence-corrected chi connectivity index (χ2v) is 7.45. The van der Waals surface area contributed by atoms with Gasteiger partial charge in [-0.15, -0.1) is 0 Å². The Morgan fingerprint density at radius 2 is 1.95 bits per heavy atom. The van der Waals surface area contributed by atoms with Crippen LogP contribution in [0.25, 0.3) is 0 Å². The summed E-state index contributed by atoms with van der Waals surface area (Å²) in [5, 5.41) is 8.89. The monoisotopic (exact) mass is 290 g/mol. The largest absolute Gasteiger partial charge is 0.481 e. The smallest absolute Gasteiger partial charge is 0.306 e. The third-order valence-corrected chi connectivity index (χ3v) is 6.03. The third-order valence-electron chi connectivity index (χ3n) is 4.48. The Hall–Kier alpha value is -0.660. The Labute approximate surface area is 114 Å². The Balaban J connectivity index is 1.85. The zero-order chi connectivity index (χ0) is 14.1. The summed E-state index contributed by atoms with van der Waals surface area (Å²) < 4.78 is 28.3. The molecular formula is C12H22N2O4S. The molecule has 0 radical (unpaired) electrons. The van der Waals surface area contributed by atoms with Gasteiger partial charge in [-0.25, -0.2) is 4.72 Å². The van der Waals surface area contributed by atoms with Gasteiger partial charge in [0.05, 0.1) is 5.92 Å². The Morgan fingerprint density at radius 1 is 1.37 bits per heavy atom. The van der Waals surface area contributed by atoms with Crippen molar-refractivity contribution in [1.29, 1.82) is 0 Å². The predicted octanol–water partition coefficient (Wildman–Crippen LogP) is 0.808. The topological polar surface area (TPSA) is 86.7 Å². The van der Waals surface area contributed by atoms with Gasteiger partial charge in [0.1, 0.15) is 0 Å². The first-order valence-electron chi connectivity index (χ1n) is 6.86. The number of carbonyl (C=O) groups is 1. The molecule has 1 aliphatic carbocycles. The van der Waals surface area contributed by atoms with Gasteiger partial charge in [0.25, 0.3) is 10.2 Å². The number of hydrogen-bond acceptors (Lipinski definition) is 3. The van der Waals surface area contributed by atoms with E-state index in [0.29, 0.717) is 32.5 Å². The fraction of sp³-hybridized carbons (Fsp3) is 0.917. The molecule has 0 unspecified atom stereocenters. The number of rotatable bonds is 6. The Kier molecular flexibility index (Phi) is 4.17. The first kappa shape index (κ1) is 14.7. The van der Waals surface area contributed by atoms with Crippen LogP contribution in [0.5, 0.6) is 0 Å². The summed E-state index contributed by atoms with van der Waals surface area (Å²) in [6.07, 6.45) is 3.97. The average molecular weight is 290 g/mol. The minimum Gasteiger partial charge on any atom is -0.481 e. The molecule has 110 valence electrons. The van der Waals surface area contributed by atoms with Gasteiger partial charge in [-0.05, 0) is 37.5 Å². The first-order valence-corrected chi connectivity index (χ1v) is 8.30. The lowest BCUT2D eigenvalue weighted by atomic mass is 9.99. The molecule has 0 bridgehead atoms. The van der Waals surface area contributed by atoms with Crippen LogP contribution < -0.4 is 4.72 Å². The van der Waals surface area contributed by atoms with Crippen LogP contribution in [0.1, 0.15) is 39.0 Å². The molecule has 0 atom stereocenters. The highest BCUT2D eigenvalue weighted by molar-refractivity contribution is 7.87. The van der Waals surface area contributed by atoms with Gasteiger partial charge in [-0.2, -0.15) is 12.7 Å². The maximum absolute atomic E-state index is 12.1. The van der Waals surface area contributed by atoms with Crippen LogP contribution >= 0.6 is 0 Å². The van der Waals surface area contributed by atoms with E-state index in [-0.39, 0.29) is 5.41 Å². The zero-order valence-electron chi connectivity index (χ0n) is 11.3. The molecule has 19 heavy (non-hydrogen) atoms. The summed E-state index contributed by atoms with van der Waals surface area (Å²) in [5.74, 6) is -1.23. The normalized spacial score (nSPS) is 24.3. The quantitative estimate of drug-likeness (QED) is 0.758. The van der Waals surface area contributed by atoms with E-state index in [1.807, 2.05) is 0 Å². The van der Waals surface area contributed by atoms with Gasteiger partial charge in [-0.1, -0.05) is 6.92 Å². The molecule has 2 fully saturated rings. The summed E-state index contributed by atoms with van der Waals surface area (Å²) >= 11 is 0. The van der Waals surface area contributed by atoms with E-state index in [0.717, 1.165) is 19.3 Å². The van der Waals surface area contributed by atoms with Crippen molar-refractivity contribution in [3.63, 3.8) is 0 Å². The lowest BCUT2D eigenvalue weighted by molar-refractivity contribution is -0.142. The van der Waals surface area contributed by atoms with E-state index in [2.05, 4.69) is 11.6 Å². The van der Waals surface area contributed by atoms with Crippen molar-refractivity contribution in [3.05, 3.63) is 0 Å². The van der Waals surface area contributed by atoms with E-state index in [1.54, 1.807) is 0 Å². The molecule has 2 N–H and O–H groups in total. The third kappa shape index (κ3) is 3.46. The van der Waals surface area contributed by atoms with Gasteiger partial charge in [0.2, 0.25) is 0 Å². The van der Waals surface area contributed by atoms with Crippen LogP contribution in [0.2, 0.25) is 0 Å². The summed E-state index contributed by atoms with van der Waals surface area (Å²) in [5.41, 5.74) is 0.173. The summed E-state index contributed by atoms with van der Waals surface area (Å²) in [4.78, 5) is 10.8. The molecule has 1 saturated heterocycles. The zero-order valence-corrected chi connectivity index (χ0v) is 12.1. The number of piperidine rings is 1. The molecule has 1 heterocycles. The van der Waals surface area contributed by atoms with Crippen LogP contribution in [-0.2, 0) is 15.0 Å². The van der Waals surface area contributed by atoms with Gasteiger partial charge in [0, 0.05) is 19.6 Å². The molecule has 0 amide bonds. The number of hydrogen-bond donors (Lipinski definition) is 2. The van der Waals surface area contributed by atoms with Gasteiger partial charge in [0.15, 0.2) is 0 Å². The molecule has 0 spiro atoms. The molecule has 2 aliphatic rings. The minimum atomic E-state index is -3.45. The SMILES string of the molecule is CCC1(CNS(=O)(=O)N2CCC(C(=O)O)CC2)CC1. The number of nitrogens with one attached hydrogen (secondary N) is 1. The molecule has 0 aromatic heterocycles. The molecule has 1 aliphatic heterocycles. The standard InChI is InChI=1S/C12H22N2O4S/c1-2-12(5-6-12)9-13-19(17,18)14-7-3-10(4-8-14)11(15)16/h10,13H,2-9H2,1H3,(H,15,16). The maximum Gasteiger partial charge on any atom is 0.306 e. The molecule has 2 rings (SSSR count). The Bertz CT molecular complexity index is 437. The minimum absolute atomic E-state index is 0.173. The highest BCUT2D eigenvalue weighted by Gasteiger charge is 2.42. The van der Waals surface area contributed by atoms with Crippen molar-refractivity contribution < 1.29 is 18.3 Å². The molecule has 0 aromatic rings. The first-order chi connectivity index (χ1) is 8.88. The predicted molar refractivity (Wildman–Crippen MR) is 70.8 cm³/mol. The fourth-order valence-electron chi connectivity index (χ4n) is 2.51. The van der Waals surface area contributed by atoms with Crippen LogP contribution in [0.15, 0.2) is 0 Å². The molecule has 7 heteroatoms. The highest BCUT2D eigenvalue weighted by atomic mass is 32.2. The molecule has 0 aromatic carbocycles. The van der Waals surface area contributed by atoms with E-state index in [9.17, 15) is 13.2 Å². The van der Waals surface area contributed by atoms with Crippen molar-refractivity contribution in [2.75, 3.05) is 19.6 Å². The fourth-order valence-corrected chi connectivity index (χ4v) is 3.87. The van der Waals surface area contributed by atoms with E-state index >= 15 is 0 Å². The van der Waals surface area contributed by atoms with E-state index in [4.69, 9.17) is 5.11 Å². The van der Waals surface area contributed by atoms with E-state index < -0.39 is 22.1 Å². The lowest BCUT2D eigenvalue weighted by Gasteiger charge is -2.29. The lowest BCUT2D eigenvalue weighted by Crippen LogP contribution is -2.47. The van der Waals surface area contributed by atoms with Crippen molar-refractivity contribution in [3.8, 4) is 0 Å². The second-order valence-electron chi connectivity index (χ2n) is 5.69. The molecule has 1 saturated carbocycles. The Morgan fingerprint density at radius 3 is 2.37 bits per heavy atom. The number of nitrogens with zero attached hydrogens (tertiary/aromatic N) is 1. The summed E-state index contributed by atoms with van der Waals surface area (Å²) in [6.45, 7) is 3.18. The molecular weight excluding hydrogens is 268 g/mol. The summed E-state index contributed by atoms with van der Waals surface area (Å²) in [6, 6.07) is 0.